The Kier molecular flexibility index (Phi) is 4.33. The highest BCUT2D eigenvalue weighted by Gasteiger charge is 2.45. The fraction of sp³-hybridized carbons (Fsp3) is 0.833. The maximum Gasteiger partial charge on any atom is 0.329 e. The van der Waals surface area contributed by atoms with Crippen LogP contribution in [0.4, 0.5) is 0 Å². The van der Waals surface area contributed by atoms with E-state index < -0.39 is 11.5 Å². The first-order valence-electron chi connectivity index (χ1n) is 6.06. The molecule has 0 aromatic heterocycles. The molecule has 1 aliphatic carbocycles. The van der Waals surface area contributed by atoms with Crippen molar-refractivity contribution in [3.63, 3.8) is 0 Å². The van der Waals surface area contributed by atoms with Crippen molar-refractivity contribution in [3.8, 4) is 0 Å². The molecule has 1 saturated carbocycles. The summed E-state index contributed by atoms with van der Waals surface area (Å²) in [5.74, 6) is -0.228. The van der Waals surface area contributed by atoms with Gasteiger partial charge in [0.15, 0.2) is 0 Å². The first-order chi connectivity index (χ1) is 7.60. The van der Waals surface area contributed by atoms with Crippen LogP contribution in [0.1, 0.15) is 46.0 Å². The number of hydrogen-bond acceptors (Lipinski definition) is 2. The van der Waals surface area contributed by atoms with Crippen LogP contribution < -0.4 is 0 Å². The summed E-state index contributed by atoms with van der Waals surface area (Å²) >= 11 is 0. The number of nitrogens with zero attached hydrogens (tertiary/aromatic N) is 1. The zero-order valence-corrected chi connectivity index (χ0v) is 10.1. The molecule has 0 radical (unpaired) electrons. The van der Waals surface area contributed by atoms with Crippen molar-refractivity contribution in [2.75, 3.05) is 6.54 Å². The third-order valence-electron chi connectivity index (χ3n) is 3.93. The molecule has 1 N–H and O–H groups in total. The van der Waals surface area contributed by atoms with Crippen LogP contribution in [0.3, 0.4) is 0 Å². The monoisotopic (exact) mass is 227 g/mol. The fourth-order valence-corrected chi connectivity index (χ4v) is 2.67. The Morgan fingerprint density at radius 2 is 2.00 bits per heavy atom. The van der Waals surface area contributed by atoms with Crippen molar-refractivity contribution in [2.45, 2.75) is 51.5 Å². The Balaban J connectivity index is 2.83. The van der Waals surface area contributed by atoms with E-state index in [-0.39, 0.29) is 0 Å². The van der Waals surface area contributed by atoms with Crippen LogP contribution in [0, 0.1) is 5.92 Å². The molecule has 0 saturated heterocycles. The number of likely N-dealkylation sites (N-methyl/N-ethyl adjacent to an activating group) is 1. The second kappa shape index (κ2) is 5.32. The summed E-state index contributed by atoms with van der Waals surface area (Å²) in [6.45, 7) is 4.42. The average molecular weight is 227 g/mol. The minimum atomic E-state index is -0.942. The van der Waals surface area contributed by atoms with Crippen LogP contribution >= 0.6 is 0 Å². The molecule has 1 amide bonds. The van der Waals surface area contributed by atoms with E-state index in [1.165, 1.54) is 4.90 Å². The Hall–Kier alpha value is -1.06. The maximum atomic E-state index is 11.4. The van der Waals surface area contributed by atoms with Gasteiger partial charge in [-0.3, -0.25) is 4.79 Å². The maximum absolute atomic E-state index is 11.4. The van der Waals surface area contributed by atoms with E-state index in [1.54, 1.807) is 0 Å². The third-order valence-corrected chi connectivity index (χ3v) is 3.93. The lowest BCUT2D eigenvalue weighted by molar-refractivity contribution is -0.158. The summed E-state index contributed by atoms with van der Waals surface area (Å²) in [5, 5.41) is 9.38. The molecule has 0 aromatic carbocycles. The smallest absolute Gasteiger partial charge is 0.329 e. The van der Waals surface area contributed by atoms with Crippen molar-refractivity contribution in [2.24, 2.45) is 5.92 Å². The SMILES string of the molecule is CCC1CCC(C(=O)O)(N(C=O)CC)CC1. The highest BCUT2D eigenvalue weighted by molar-refractivity contribution is 5.81. The number of rotatable bonds is 5. The van der Waals surface area contributed by atoms with Gasteiger partial charge in [0.2, 0.25) is 6.41 Å². The van der Waals surface area contributed by atoms with Gasteiger partial charge in [-0.1, -0.05) is 13.3 Å². The standard InChI is InChI=1S/C12H21NO3/c1-3-10-5-7-12(8-6-10,11(15)16)13(4-2)9-14/h9-10H,3-8H2,1-2H3,(H,15,16). The molecule has 0 atom stereocenters. The summed E-state index contributed by atoms with van der Waals surface area (Å²) in [6, 6.07) is 0. The van der Waals surface area contributed by atoms with Gasteiger partial charge < -0.3 is 10.0 Å². The second-order valence-corrected chi connectivity index (χ2v) is 4.58. The van der Waals surface area contributed by atoms with Gasteiger partial charge in [-0.2, -0.15) is 0 Å². The predicted octanol–water partition coefficient (Wildman–Crippen LogP) is 1.89. The number of amides is 1. The van der Waals surface area contributed by atoms with E-state index >= 15 is 0 Å². The van der Waals surface area contributed by atoms with Gasteiger partial charge in [-0.15, -0.1) is 0 Å². The van der Waals surface area contributed by atoms with E-state index in [0.29, 0.717) is 31.7 Å². The highest BCUT2D eigenvalue weighted by Crippen LogP contribution is 2.37. The first-order valence-corrected chi connectivity index (χ1v) is 6.06. The zero-order chi connectivity index (χ0) is 12.2. The van der Waals surface area contributed by atoms with Crippen molar-refractivity contribution in [1.82, 2.24) is 4.90 Å². The Morgan fingerprint density at radius 3 is 2.31 bits per heavy atom. The summed E-state index contributed by atoms with van der Waals surface area (Å²) < 4.78 is 0. The zero-order valence-electron chi connectivity index (χ0n) is 10.1. The Bertz CT molecular complexity index is 257. The van der Waals surface area contributed by atoms with E-state index in [0.717, 1.165) is 19.3 Å². The van der Waals surface area contributed by atoms with E-state index in [1.807, 2.05) is 6.92 Å². The van der Waals surface area contributed by atoms with Crippen molar-refractivity contribution in [3.05, 3.63) is 0 Å². The van der Waals surface area contributed by atoms with Crippen LogP contribution in [0.5, 0.6) is 0 Å². The molecule has 1 rings (SSSR count). The number of hydrogen-bond donors (Lipinski definition) is 1. The van der Waals surface area contributed by atoms with Gasteiger partial charge >= 0.3 is 5.97 Å². The molecule has 4 nitrogen and oxygen atoms in total. The molecule has 0 unspecified atom stereocenters. The first kappa shape index (κ1) is 13.0. The topological polar surface area (TPSA) is 57.6 Å². The predicted molar refractivity (Wildman–Crippen MR) is 61.1 cm³/mol. The van der Waals surface area contributed by atoms with Gasteiger partial charge in [0, 0.05) is 6.54 Å². The fourth-order valence-electron chi connectivity index (χ4n) is 2.67. The van der Waals surface area contributed by atoms with Gasteiger partial charge in [-0.25, -0.2) is 4.79 Å². The van der Waals surface area contributed by atoms with Crippen LogP contribution in [-0.2, 0) is 9.59 Å². The number of carboxylic acids is 1. The number of carbonyl (C=O) groups is 2. The summed E-state index contributed by atoms with van der Waals surface area (Å²) in [4.78, 5) is 23.8. The summed E-state index contributed by atoms with van der Waals surface area (Å²) in [7, 11) is 0. The van der Waals surface area contributed by atoms with Crippen LogP contribution in [0.25, 0.3) is 0 Å². The van der Waals surface area contributed by atoms with Crippen LogP contribution in [0.2, 0.25) is 0 Å². The van der Waals surface area contributed by atoms with Crippen molar-refractivity contribution in [1.29, 1.82) is 0 Å². The largest absolute Gasteiger partial charge is 0.479 e. The van der Waals surface area contributed by atoms with Gasteiger partial charge in [0.05, 0.1) is 0 Å². The number of carboxylic acid groups (broad SMARTS) is 1. The minimum Gasteiger partial charge on any atom is -0.479 e. The lowest BCUT2D eigenvalue weighted by Crippen LogP contribution is -2.56. The van der Waals surface area contributed by atoms with Crippen molar-refractivity contribution < 1.29 is 14.7 Å². The normalized spacial score (nSPS) is 29.8. The molecule has 0 spiro atoms. The highest BCUT2D eigenvalue weighted by atomic mass is 16.4. The summed E-state index contributed by atoms with van der Waals surface area (Å²) in [5.41, 5.74) is -0.942. The van der Waals surface area contributed by atoms with Gasteiger partial charge in [0.1, 0.15) is 5.54 Å². The molecule has 1 aliphatic rings. The lowest BCUT2D eigenvalue weighted by Gasteiger charge is -2.42. The van der Waals surface area contributed by atoms with E-state index in [2.05, 4.69) is 6.92 Å². The molecule has 1 fully saturated rings. The number of aliphatic carboxylic acids is 1. The molecule has 0 aliphatic heterocycles. The lowest BCUT2D eigenvalue weighted by atomic mass is 9.74. The molecular formula is C12H21NO3. The van der Waals surface area contributed by atoms with Gasteiger partial charge in [-0.05, 0) is 38.5 Å². The average Bonchev–Trinajstić information content (AvgIpc) is 2.31. The molecular weight excluding hydrogens is 206 g/mol. The van der Waals surface area contributed by atoms with Crippen molar-refractivity contribution >= 4 is 12.4 Å². The second-order valence-electron chi connectivity index (χ2n) is 4.58. The molecule has 0 aromatic rings. The van der Waals surface area contributed by atoms with Crippen LogP contribution in [0.15, 0.2) is 0 Å². The molecule has 0 heterocycles. The Labute approximate surface area is 96.6 Å². The Morgan fingerprint density at radius 1 is 1.44 bits per heavy atom. The molecule has 0 bridgehead atoms. The molecule has 92 valence electrons. The van der Waals surface area contributed by atoms with E-state index in [9.17, 15) is 14.7 Å². The van der Waals surface area contributed by atoms with Crippen LogP contribution in [-0.4, -0.2) is 34.5 Å². The number of carbonyl (C=O) groups excluding carboxylic acids is 1. The van der Waals surface area contributed by atoms with Gasteiger partial charge in [0.25, 0.3) is 0 Å². The molecule has 16 heavy (non-hydrogen) atoms. The van der Waals surface area contributed by atoms with E-state index in [4.69, 9.17) is 0 Å². The summed E-state index contributed by atoms with van der Waals surface area (Å²) in [6.07, 6.45) is 4.78. The molecule has 4 heteroatoms. The quantitative estimate of drug-likeness (QED) is 0.730. The third kappa shape index (κ3) is 2.20. The minimum absolute atomic E-state index is 0.465.